The van der Waals surface area contributed by atoms with Crippen molar-refractivity contribution in [1.82, 2.24) is 19.6 Å². The molecular weight excluding hydrogens is 406 g/mol. The molecule has 4 rings (SSSR count). The highest BCUT2D eigenvalue weighted by Gasteiger charge is 2.20. The van der Waals surface area contributed by atoms with Gasteiger partial charge in [0.05, 0.1) is 18.7 Å². The Labute approximate surface area is 166 Å². The Morgan fingerprint density at radius 2 is 1.77 bits per heavy atom. The number of furan rings is 1. The Balaban J connectivity index is 1.44. The molecule has 4 aromatic rings. The van der Waals surface area contributed by atoms with Crippen LogP contribution < -0.4 is 5.32 Å². The van der Waals surface area contributed by atoms with Gasteiger partial charge in [0, 0.05) is 30.7 Å². The van der Waals surface area contributed by atoms with Gasteiger partial charge in [-0.15, -0.1) is 0 Å². The van der Waals surface area contributed by atoms with E-state index in [1.165, 1.54) is 18.3 Å². The number of hydrogen-bond acceptors (Lipinski definition) is 4. The number of hydrogen-bond donors (Lipinski definition) is 1. The first-order valence-electron chi connectivity index (χ1n) is 8.63. The molecule has 154 valence electrons. The minimum absolute atomic E-state index is 0.0241. The average molecular weight is 419 g/mol. The van der Waals surface area contributed by atoms with Crippen LogP contribution in [0.3, 0.4) is 0 Å². The van der Waals surface area contributed by atoms with Gasteiger partial charge in [0.2, 0.25) is 0 Å². The number of amides is 1. The normalized spacial score (nSPS) is 11.1. The van der Waals surface area contributed by atoms with Crippen molar-refractivity contribution in [2.24, 2.45) is 0 Å². The number of nitrogens with zero attached hydrogens (tertiary/aromatic N) is 4. The molecule has 0 saturated carbocycles. The molecule has 0 atom stereocenters. The predicted molar refractivity (Wildman–Crippen MR) is 95.6 cm³/mol. The SMILES string of the molecule is O=C(Nc1ccn(Cc2c(F)c(F)cc(F)c2F)n1)c1ccc(Cn2cccn2)o1. The van der Waals surface area contributed by atoms with E-state index in [-0.39, 0.29) is 17.6 Å². The maximum Gasteiger partial charge on any atom is 0.292 e. The van der Waals surface area contributed by atoms with Crippen LogP contribution in [-0.4, -0.2) is 25.5 Å². The van der Waals surface area contributed by atoms with Crippen LogP contribution in [0, 0.1) is 23.3 Å². The first-order valence-corrected chi connectivity index (χ1v) is 8.63. The number of carbonyl (C=O) groups is 1. The summed E-state index contributed by atoms with van der Waals surface area (Å²) in [6, 6.07) is 6.34. The van der Waals surface area contributed by atoms with E-state index >= 15 is 0 Å². The lowest BCUT2D eigenvalue weighted by atomic mass is 10.2. The summed E-state index contributed by atoms with van der Waals surface area (Å²) in [5.41, 5.74) is -0.817. The number of halogens is 4. The molecule has 30 heavy (non-hydrogen) atoms. The molecule has 0 fully saturated rings. The lowest BCUT2D eigenvalue weighted by Gasteiger charge is -2.07. The van der Waals surface area contributed by atoms with E-state index in [4.69, 9.17) is 4.42 Å². The smallest absolute Gasteiger partial charge is 0.292 e. The number of aromatic nitrogens is 4. The molecule has 3 aromatic heterocycles. The van der Waals surface area contributed by atoms with Crippen LogP contribution in [0.4, 0.5) is 23.4 Å². The minimum atomic E-state index is -1.51. The highest BCUT2D eigenvalue weighted by molar-refractivity contribution is 6.01. The fraction of sp³-hybridized carbons (Fsp3) is 0.105. The molecule has 0 aliphatic heterocycles. The number of carbonyl (C=O) groups excluding carboxylic acids is 1. The Hall–Kier alpha value is -3.89. The molecule has 0 unspecified atom stereocenters. The van der Waals surface area contributed by atoms with Crippen molar-refractivity contribution in [2.75, 3.05) is 5.32 Å². The van der Waals surface area contributed by atoms with Crippen molar-refractivity contribution in [3.05, 3.63) is 89.3 Å². The highest BCUT2D eigenvalue weighted by atomic mass is 19.2. The van der Waals surface area contributed by atoms with Crippen molar-refractivity contribution >= 4 is 11.7 Å². The van der Waals surface area contributed by atoms with E-state index in [0.29, 0.717) is 12.3 Å². The largest absolute Gasteiger partial charge is 0.454 e. The second-order valence-corrected chi connectivity index (χ2v) is 6.27. The third-order valence-electron chi connectivity index (χ3n) is 4.17. The molecule has 1 amide bonds. The summed E-state index contributed by atoms with van der Waals surface area (Å²) in [5, 5.41) is 10.4. The minimum Gasteiger partial charge on any atom is -0.454 e. The Morgan fingerprint density at radius 3 is 2.47 bits per heavy atom. The highest BCUT2D eigenvalue weighted by Crippen LogP contribution is 2.20. The van der Waals surface area contributed by atoms with Crippen LogP contribution in [0.2, 0.25) is 0 Å². The Kier molecular flexibility index (Phi) is 5.09. The zero-order chi connectivity index (χ0) is 21.3. The molecule has 0 bridgehead atoms. The first-order chi connectivity index (χ1) is 14.4. The van der Waals surface area contributed by atoms with Crippen LogP contribution in [0.15, 0.2) is 53.3 Å². The average Bonchev–Trinajstić information content (AvgIpc) is 3.47. The number of nitrogens with one attached hydrogen (secondary N) is 1. The summed E-state index contributed by atoms with van der Waals surface area (Å²) in [5.74, 6) is -6.03. The molecule has 1 aromatic carbocycles. The Bertz CT molecular complexity index is 1170. The molecule has 7 nitrogen and oxygen atoms in total. The molecule has 1 N–H and O–H groups in total. The standard InChI is InChI=1S/C19H13F4N5O2/c20-13-8-14(21)18(23)12(17(13)22)10-28-7-4-16(26-28)25-19(29)15-3-2-11(30-15)9-27-6-1-5-24-27/h1-8H,9-10H2,(H,25,26,29). The summed E-state index contributed by atoms with van der Waals surface area (Å²) in [6.45, 7) is -0.229. The van der Waals surface area contributed by atoms with E-state index in [1.807, 2.05) is 0 Å². The van der Waals surface area contributed by atoms with Gasteiger partial charge in [-0.3, -0.25) is 14.2 Å². The summed E-state index contributed by atoms with van der Waals surface area (Å²) >= 11 is 0. The lowest BCUT2D eigenvalue weighted by Crippen LogP contribution is -2.13. The molecule has 0 saturated heterocycles. The van der Waals surface area contributed by atoms with E-state index in [0.717, 1.165) is 4.68 Å². The number of benzene rings is 1. The second-order valence-electron chi connectivity index (χ2n) is 6.27. The van der Waals surface area contributed by atoms with Crippen molar-refractivity contribution in [3.63, 3.8) is 0 Å². The predicted octanol–water partition coefficient (Wildman–Crippen LogP) is 3.58. The monoisotopic (exact) mass is 419 g/mol. The summed E-state index contributed by atoms with van der Waals surface area (Å²) in [6.07, 6.45) is 4.65. The van der Waals surface area contributed by atoms with Gasteiger partial charge in [0.25, 0.3) is 5.91 Å². The van der Waals surface area contributed by atoms with Crippen LogP contribution in [0.5, 0.6) is 0 Å². The van der Waals surface area contributed by atoms with Gasteiger partial charge in [-0.1, -0.05) is 0 Å². The van der Waals surface area contributed by atoms with Crippen LogP contribution >= 0.6 is 0 Å². The maximum atomic E-state index is 13.8. The molecule has 0 aliphatic rings. The van der Waals surface area contributed by atoms with Gasteiger partial charge in [-0.25, -0.2) is 17.6 Å². The van der Waals surface area contributed by atoms with Gasteiger partial charge in [-0.2, -0.15) is 10.2 Å². The van der Waals surface area contributed by atoms with E-state index < -0.39 is 41.3 Å². The molecule has 0 spiro atoms. The van der Waals surface area contributed by atoms with E-state index in [9.17, 15) is 22.4 Å². The third kappa shape index (κ3) is 3.95. The van der Waals surface area contributed by atoms with Gasteiger partial charge in [0.1, 0.15) is 5.76 Å². The summed E-state index contributed by atoms with van der Waals surface area (Å²) < 4.78 is 62.3. The second kappa shape index (κ2) is 7.85. The summed E-state index contributed by atoms with van der Waals surface area (Å²) in [7, 11) is 0. The van der Waals surface area contributed by atoms with Crippen molar-refractivity contribution in [3.8, 4) is 0 Å². The van der Waals surface area contributed by atoms with Crippen molar-refractivity contribution < 1.29 is 26.8 Å². The van der Waals surface area contributed by atoms with Crippen molar-refractivity contribution in [2.45, 2.75) is 13.1 Å². The van der Waals surface area contributed by atoms with Crippen molar-refractivity contribution in [1.29, 1.82) is 0 Å². The number of anilines is 1. The van der Waals surface area contributed by atoms with Crippen LogP contribution in [0.25, 0.3) is 0 Å². The first kappa shape index (κ1) is 19.4. The lowest BCUT2D eigenvalue weighted by molar-refractivity contribution is 0.0994. The maximum absolute atomic E-state index is 13.8. The van der Waals surface area contributed by atoms with Gasteiger partial charge in [0.15, 0.2) is 34.8 Å². The van der Waals surface area contributed by atoms with E-state index in [2.05, 4.69) is 15.5 Å². The molecule has 0 radical (unpaired) electrons. The van der Waals surface area contributed by atoms with Gasteiger partial charge >= 0.3 is 0 Å². The topological polar surface area (TPSA) is 77.9 Å². The Morgan fingerprint density at radius 1 is 1.00 bits per heavy atom. The van der Waals surface area contributed by atoms with Crippen LogP contribution in [0.1, 0.15) is 21.9 Å². The quantitative estimate of drug-likeness (QED) is 0.383. The fourth-order valence-corrected chi connectivity index (χ4v) is 2.76. The fourth-order valence-electron chi connectivity index (χ4n) is 2.76. The molecular formula is C19H13F4N5O2. The zero-order valence-corrected chi connectivity index (χ0v) is 15.2. The molecule has 3 heterocycles. The molecule has 11 heteroatoms. The number of rotatable bonds is 6. The van der Waals surface area contributed by atoms with E-state index in [1.54, 1.807) is 29.2 Å². The third-order valence-corrected chi connectivity index (χ3v) is 4.17. The molecule has 0 aliphatic carbocycles. The van der Waals surface area contributed by atoms with Crippen LogP contribution in [-0.2, 0) is 13.1 Å². The zero-order valence-electron chi connectivity index (χ0n) is 15.2. The van der Waals surface area contributed by atoms with Gasteiger partial charge < -0.3 is 9.73 Å². The van der Waals surface area contributed by atoms with Gasteiger partial charge in [-0.05, 0) is 18.2 Å². The summed E-state index contributed by atoms with van der Waals surface area (Å²) in [4.78, 5) is 12.3.